The Morgan fingerprint density at radius 1 is 1.12 bits per heavy atom. The zero-order valence-electron chi connectivity index (χ0n) is 13.8. The fourth-order valence-electron chi connectivity index (χ4n) is 2.40. The first-order chi connectivity index (χ1) is 11.1. The van der Waals surface area contributed by atoms with Crippen molar-refractivity contribution in [3.8, 4) is 0 Å². The standard InChI is InChI=1S/C16H21FN6.ClH/c1-22(2)15-11-14(19-13-5-3-12(17)4-6-13)20-16(21-15)23-9-7-18-8-10-23;/h3-6,11,18H,7-10H2,1-2H3,(H,19,20,21);1H. The largest absolute Gasteiger partial charge is 0.363 e. The Labute approximate surface area is 147 Å². The van der Waals surface area contributed by atoms with Gasteiger partial charge in [-0.1, -0.05) is 0 Å². The Balaban J connectivity index is 0.00000208. The molecule has 0 atom stereocenters. The maximum Gasteiger partial charge on any atom is 0.229 e. The summed E-state index contributed by atoms with van der Waals surface area (Å²) in [6.07, 6.45) is 0. The molecular weight excluding hydrogens is 331 g/mol. The summed E-state index contributed by atoms with van der Waals surface area (Å²) in [5.74, 6) is 1.98. The summed E-state index contributed by atoms with van der Waals surface area (Å²) in [6.45, 7) is 3.62. The van der Waals surface area contributed by atoms with E-state index in [1.807, 2.05) is 25.1 Å². The molecule has 1 saturated heterocycles. The third kappa shape index (κ3) is 4.46. The molecule has 0 saturated carbocycles. The van der Waals surface area contributed by atoms with Crippen molar-refractivity contribution in [3.63, 3.8) is 0 Å². The molecule has 0 aliphatic carbocycles. The zero-order valence-corrected chi connectivity index (χ0v) is 14.6. The average Bonchev–Trinajstić information content (AvgIpc) is 2.57. The van der Waals surface area contributed by atoms with Gasteiger partial charge in [0.05, 0.1) is 0 Å². The van der Waals surface area contributed by atoms with Crippen molar-refractivity contribution in [1.29, 1.82) is 0 Å². The summed E-state index contributed by atoms with van der Waals surface area (Å²) in [6, 6.07) is 8.12. The molecule has 2 aromatic rings. The molecule has 0 amide bonds. The van der Waals surface area contributed by atoms with Crippen molar-refractivity contribution in [3.05, 3.63) is 36.1 Å². The normalized spacial score (nSPS) is 14.0. The quantitative estimate of drug-likeness (QED) is 0.880. The van der Waals surface area contributed by atoms with Gasteiger partial charge in [-0.15, -0.1) is 12.4 Å². The van der Waals surface area contributed by atoms with Crippen LogP contribution in [0.4, 0.5) is 27.7 Å². The lowest BCUT2D eigenvalue weighted by Crippen LogP contribution is -2.44. The van der Waals surface area contributed by atoms with Gasteiger partial charge in [0.1, 0.15) is 17.5 Å². The lowest BCUT2D eigenvalue weighted by molar-refractivity contribution is 0.580. The van der Waals surface area contributed by atoms with Crippen molar-refractivity contribution >= 4 is 35.7 Å². The lowest BCUT2D eigenvalue weighted by atomic mass is 10.3. The van der Waals surface area contributed by atoms with Crippen LogP contribution >= 0.6 is 12.4 Å². The Bertz CT molecular complexity index is 658. The molecule has 2 N–H and O–H groups in total. The molecule has 3 rings (SSSR count). The fourth-order valence-corrected chi connectivity index (χ4v) is 2.40. The molecule has 1 aromatic heterocycles. The molecule has 130 valence electrons. The van der Waals surface area contributed by atoms with Crippen LogP contribution in [0.1, 0.15) is 0 Å². The first-order valence-corrected chi connectivity index (χ1v) is 7.66. The van der Waals surface area contributed by atoms with E-state index in [0.717, 1.165) is 37.7 Å². The van der Waals surface area contributed by atoms with Crippen LogP contribution < -0.4 is 20.4 Å². The number of benzene rings is 1. The first-order valence-electron chi connectivity index (χ1n) is 7.66. The van der Waals surface area contributed by atoms with E-state index in [4.69, 9.17) is 0 Å². The number of nitrogens with zero attached hydrogens (tertiary/aromatic N) is 4. The number of anilines is 4. The highest BCUT2D eigenvalue weighted by Gasteiger charge is 2.15. The summed E-state index contributed by atoms with van der Waals surface area (Å²) in [5, 5.41) is 6.54. The van der Waals surface area contributed by atoms with Crippen LogP contribution in [0.25, 0.3) is 0 Å². The van der Waals surface area contributed by atoms with Gasteiger partial charge in [-0.25, -0.2) is 4.39 Å². The van der Waals surface area contributed by atoms with Gasteiger partial charge >= 0.3 is 0 Å². The smallest absolute Gasteiger partial charge is 0.229 e. The number of aromatic nitrogens is 2. The molecule has 0 radical (unpaired) electrons. The minimum atomic E-state index is -0.256. The molecule has 6 nitrogen and oxygen atoms in total. The van der Waals surface area contributed by atoms with Gasteiger partial charge in [0, 0.05) is 52.0 Å². The van der Waals surface area contributed by atoms with Gasteiger partial charge in [-0.2, -0.15) is 9.97 Å². The summed E-state index contributed by atoms with van der Waals surface area (Å²) in [4.78, 5) is 13.4. The number of rotatable bonds is 4. The minimum Gasteiger partial charge on any atom is -0.363 e. The second-order valence-electron chi connectivity index (χ2n) is 5.67. The third-order valence-corrected chi connectivity index (χ3v) is 3.68. The maximum absolute atomic E-state index is 13.0. The van der Waals surface area contributed by atoms with Crippen LogP contribution in [0, 0.1) is 5.82 Å². The van der Waals surface area contributed by atoms with Gasteiger partial charge in [-0.05, 0) is 24.3 Å². The predicted molar refractivity (Wildman–Crippen MR) is 98.4 cm³/mol. The number of nitrogens with one attached hydrogen (secondary N) is 2. The molecule has 1 fully saturated rings. The second kappa shape index (κ2) is 8.12. The summed E-state index contributed by atoms with van der Waals surface area (Å²) in [5.41, 5.74) is 0.793. The highest BCUT2D eigenvalue weighted by molar-refractivity contribution is 5.85. The van der Waals surface area contributed by atoms with E-state index in [1.165, 1.54) is 12.1 Å². The topological polar surface area (TPSA) is 56.3 Å². The van der Waals surface area contributed by atoms with E-state index in [1.54, 1.807) is 12.1 Å². The minimum absolute atomic E-state index is 0. The van der Waals surface area contributed by atoms with Crippen molar-refractivity contribution in [2.45, 2.75) is 0 Å². The molecule has 0 bridgehead atoms. The third-order valence-electron chi connectivity index (χ3n) is 3.68. The van der Waals surface area contributed by atoms with Crippen molar-refractivity contribution in [2.24, 2.45) is 0 Å². The predicted octanol–water partition coefficient (Wildman–Crippen LogP) is 2.26. The molecule has 24 heavy (non-hydrogen) atoms. The molecular formula is C16H22ClFN6. The van der Waals surface area contributed by atoms with Gasteiger partial charge in [0.15, 0.2) is 0 Å². The van der Waals surface area contributed by atoms with E-state index in [2.05, 4.69) is 25.5 Å². The van der Waals surface area contributed by atoms with Crippen LogP contribution in [-0.2, 0) is 0 Å². The summed E-state index contributed by atoms with van der Waals surface area (Å²) < 4.78 is 13.0. The Morgan fingerprint density at radius 2 is 1.79 bits per heavy atom. The second-order valence-corrected chi connectivity index (χ2v) is 5.67. The van der Waals surface area contributed by atoms with E-state index < -0.39 is 0 Å². The lowest BCUT2D eigenvalue weighted by Gasteiger charge is -2.28. The molecule has 0 spiro atoms. The molecule has 1 aromatic carbocycles. The highest BCUT2D eigenvalue weighted by atomic mass is 35.5. The molecule has 1 aliphatic rings. The maximum atomic E-state index is 13.0. The summed E-state index contributed by atoms with van der Waals surface area (Å²) in [7, 11) is 3.90. The number of piperazine rings is 1. The van der Waals surface area contributed by atoms with Crippen LogP contribution in [0.5, 0.6) is 0 Å². The van der Waals surface area contributed by atoms with Gasteiger partial charge < -0.3 is 20.4 Å². The fraction of sp³-hybridized carbons (Fsp3) is 0.375. The van der Waals surface area contributed by atoms with Gasteiger partial charge in [0.25, 0.3) is 0 Å². The van der Waals surface area contributed by atoms with E-state index in [9.17, 15) is 4.39 Å². The van der Waals surface area contributed by atoms with Crippen molar-refractivity contribution in [2.75, 3.05) is 55.4 Å². The van der Waals surface area contributed by atoms with Gasteiger partial charge in [-0.3, -0.25) is 0 Å². The van der Waals surface area contributed by atoms with E-state index in [-0.39, 0.29) is 18.2 Å². The van der Waals surface area contributed by atoms with Crippen molar-refractivity contribution in [1.82, 2.24) is 15.3 Å². The Kier molecular flexibility index (Phi) is 6.16. The van der Waals surface area contributed by atoms with Crippen LogP contribution in [-0.4, -0.2) is 50.2 Å². The average molecular weight is 353 g/mol. The van der Waals surface area contributed by atoms with E-state index >= 15 is 0 Å². The van der Waals surface area contributed by atoms with Gasteiger partial charge in [0.2, 0.25) is 5.95 Å². The Hall–Kier alpha value is -2.12. The van der Waals surface area contributed by atoms with E-state index in [0.29, 0.717) is 11.8 Å². The zero-order chi connectivity index (χ0) is 16.2. The van der Waals surface area contributed by atoms with Crippen LogP contribution in [0.2, 0.25) is 0 Å². The first kappa shape index (κ1) is 18.2. The molecule has 1 aliphatic heterocycles. The molecule has 2 heterocycles. The number of hydrogen-bond donors (Lipinski definition) is 2. The molecule has 0 unspecified atom stereocenters. The van der Waals surface area contributed by atoms with Crippen molar-refractivity contribution < 1.29 is 4.39 Å². The molecule has 8 heteroatoms. The van der Waals surface area contributed by atoms with Crippen LogP contribution in [0.3, 0.4) is 0 Å². The van der Waals surface area contributed by atoms with Crippen LogP contribution in [0.15, 0.2) is 30.3 Å². The Morgan fingerprint density at radius 3 is 2.42 bits per heavy atom. The SMILES string of the molecule is CN(C)c1cc(Nc2ccc(F)cc2)nc(N2CCNCC2)n1.Cl. The highest BCUT2D eigenvalue weighted by Crippen LogP contribution is 2.22. The summed E-state index contributed by atoms with van der Waals surface area (Å²) >= 11 is 0. The number of halogens is 2. The monoisotopic (exact) mass is 352 g/mol. The number of hydrogen-bond acceptors (Lipinski definition) is 6.